The molecule has 4 nitrogen and oxygen atoms in total. The van der Waals surface area contributed by atoms with E-state index in [-0.39, 0.29) is 12.6 Å². The molecule has 1 N–H and O–H groups in total. The van der Waals surface area contributed by atoms with Crippen molar-refractivity contribution in [2.45, 2.75) is 25.3 Å². The van der Waals surface area contributed by atoms with Crippen LogP contribution < -0.4 is 0 Å². The molecule has 0 aliphatic carbocycles. The van der Waals surface area contributed by atoms with Gasteiger partial charge in [0.15, 0.2) is 12.0 Å². The van der Waals surface area contributed by atoms with E-state index in [4.69, 9.17) is 4.42 Å². The average Bonchev–Trinajstić information content (AvgIpc) is 2.88. The molecule has 1 atom stereocenters. The third kappa shape index (κ3) is 2.13. The van der Waals surface area contributed by atoms with E-state index >= 15 is 0 Å². The summed E-state index contributed by atoms with van der Waals surface area (Å²) in [7, 11) is 0. The number of hydrogen-bond acceptors (Lipinski definition) is 4. The number of aromatic nitrogens is 1. The van der Waals surface area contributed by atoms with E-state index in [1.165, 1.54) is 25.7 Å². The van der Waals surface area contributed by atoms with Crippen molar-refractivity contribution in [3.63, 3.8) is 0 Å². The molecule has 1 fully saturated rings. The van der Waals surface area contributed by atoms with Crippen molar-refractivity contribution in [2.24, 2.45) is 0 Å². The number of aliphatic hydroxyl groups is 1. The molecular formula is C14H18N2O2. The van der Waals surface area contributed by atoms with Crippen LogP contribution in [0.3, 0.4) is 0 Å². The number of rotatable bonds is 3. The van der Waals surface area contributed by atoms with Crippen molar-refractivity contribution in [1.82, 2.24) is 9.88 Å². The Bertz CT molecular complexity index is 517. The van der Waals surface area contributed by atoms with E-state index in [1.807, 2.05) is 18.2 Å². The van der Waals surface area contributed by atoms with Gasteiger partial charge < -0.3 is 9.52 Å². The molecule has 4 heteroatoms. The Morgan fingerprint density at radius 1 is 1.28 bits per heavy atom. The van der Waals surface area contributed by atoms with Crippen LogP contribution in [0.15, 0.2) is 29.0 Å². The molecule has 1 aliphatic heterocycles. The Morgan fingerprint density at radius 2 is 2.11 bits per heavy atom. The molecule has 1 saturated heterocycles. The molecule has 1 aromatic carbocycles. The Hall–Kier alpha value is -1.39. The third-order valence-corrected chi connectivity index (χ3v) is 3.74. The molecule has 0 amide bonds. The Morgan fingerprint density at radius 3 is 2.89 bits per heavy atom. The van der Waals surface area contributed by atoms with E-state index < -0.39 is 0 Å². The zero-order chi connectivity index (χ0) is 12.4. The summed E-state index contributed by atoms with van der Waals surface area (Å²) < 4.78 is 5.33. The van der Waals surface area contributed by atoms with Crippen molar-refractivity contribution in [1.29, 1.82) is 0 Å². The van der Waals surface area contributed by atoms with Crippen LogP contribution in [0.1, 0.15) is 30.9 Å². The zero-order valence-electron chi connectivity index (χ0n) is 10.4. The van der Waals surface area contributed by atoms with Crippen molar-refractivity contribution in [3.8, 4) is 0 Å². The van der Waals surface area contributed by atoms with Gasteiger partial charge in [-0.1, -0.05) is 12.5 Å². The van der Waals surface area contributed by atoms with Crippen LogP contribution in [-0.4, -0.2) is 34.7 Å². The molecule has 3 rings (SSSR count). The summed E-state index contributed by atoms with van der Waals surface area (Å²) >= 11 is 0. The van der Waals surface area contributed by atoms with E-state index in [2.05, 4.69) is 9.88 Å². The van der Waals surface area contributed by atoms with E-state index in [9.17, 15) is 5.11 Å². The number of nitrogens with zero attached hydrogens (tertiary/aromatic N) is 2. The molecule has 1 unspecified atom stereocenters. The monoisotopic (exact) mass is 246 g/mol. The molecule has 96 valence electrons. The maximum absolute atomic E-state index is 9.67. The topological polar surface area (TPSA) is 49.5 Å². The second-order valence-corrected chi connectivity index (χ2v) is 4.87. The largest absolute Gasteiger partial charge is 0.443 e. The SMILES string of the molecule is OCC(c1ccc2ncoc2c1)N1CCCCC1. The highest BCUT2D eigenvalue weighted by Gasteiger charge is 2.22. The maximum Gasteiger partial charge on any atom is 0.181 e. The second-order valence-electron chi connectivity index (χ2n) is 4.87. The van der Waals surface area contributed by atoms with Crippen LogP contribution in [-0.2, 0) is 0 Å². The van der Waals surface area contributed by atoms with Gasteiger partial charge >= 0.3 is 0 Å². The molecule has 18 heavy (non-hydrogen) atoms. The van der Waals surface area contributed by atoms with E-state index in [1.54, 1.807) is 0 Å². The van der Waals surface area contributed by atoms with Gasteiger partial charge in [0.25, 0.3) is 0 Å². The van der Waals surface area contributed by atoms with E-state index in [0.29, 0.717) is 0 Å². The van der Waals surface area contributed by atoms with Gasteiger partial charge in [-0.3, -0.25) is 4.90 Å². The predicted octanol–water partition coefficient (Wildman–Crippen LogP) is 2.35. The van der Waals surface area contributed by atoms with Gasteiger partial charge in [-0.2, -0.15) is 0 Å². The first-order valence-electron chi connectivity index (χ1n) is 6.56. The van der Waals surface area contributed by atoms with E-state index in [0.717, 1.165) is 29.8 Å². The molecule has 1 aromatic heterocycles. The van der Waals surface area contributed by atoms with Gasteiger partial charge in [0.1, 0.15) is 5.52 Å². The molecular weight excluding hydrogens is 228 g/mol. The lowest BCUT2D eigenvalue weighted by atomic mass is 10.0. The fourth-order valence-electron chi connectivity index (χ4n) is 2.74. The molecule has 1 aliphatic rings. The first-order valence-corrected chi connectivity index (χ1v) is 6.56. The quantitative estimate of drug-likeness (QED) is 0.903. The highest BCUT2D eigenvalue weighted by Crippen LogP contribution is 2.26. The Balaban J connectivity index is 1.89. The van der Waals surface area contributed by atoms with Crippen molar-refractivity contribution in [2.75, 3.05) is 19.7 Å². The summed E-state index contributed by atoms with van der Waals surface area (Å²) in [6, 6.07) is 6.08. The number of oxazole rings is 1. The first-order chi connectivity index (χ1) is 8.88. The minimum atomic E-state index is 0.0831. The number of fused-ring (bicyclic) bond motifs is 1. The lowest BCUT2D eigenvalue weighted by molar-refractivity contribution is 0.104. The number of piperidine rings is 1. The third-order valence-electron chi connectivity index (χ3n) is 3.74. The van der Waals surface area contributed by atoms with Gasteiger partial charge in [0, 0.05) is 0 Å². The minimum Gasteiger partial charge on any atom is -0.443 e. The predicted molar refractivity (Wildman–Crippen MR) is 69.3 cm³/mol. The molecule has 2 aromatic rings. The van der Waals surface area contributed by atoms with Crippen molar-refractivity contribution >= 4 is 11.1 Å². The number of aliphatic hydroxyl groups excluding tert-OH is 1. The lowest BCUT2D eigenvalue weighted by Crippen LogP contribution is -2.35. The van der Waals surface area contributed by atoms with Gasteiger partial charge in [-0.15, -0.1) is 0 Å². The van der Waals surface area contributed by atoms with Crippen molar-refractivity contribution < 1.29 is 9.52 Å². The molecule has 2 heterocycles. The van der Waals surface area contributed by atoms with Gasteiger partial charge in [0.2, 0.25) is 0 Å². The summed E-state index contributed by atoms with van der Waals surface area (Å²) in [4.78, 5) is 6.48. The minimum absolute atomic E-state index is 0.0831. The summed E-state index contributed by atoms with van der Waals surface area (Å²) in [6.07, 6.45) is 5.21. The fourth-order valence-corrected chi connectivity index (χ4v) is 2.74. The Kier molecular flexibility index (Phi) is 3.30. The van der Waals surface area contributed by atoms with Gasteiger partial charge in [-0.25, -0.2) is 4.98 Å². The summed E-state index contributed by atoms with van der Waals surface area (Å²) in [5, 5.41) is 9.67. The maximum atomic E-state index is 9.67. The average molecular weight is 246 g/mol. The smallest absolute Gasteiger partial charge is 0.181 e. The van der Waals surface area contributed by atoms with Gasteiger partial charge in [0.05, 0.1) is 12.6 Å². The van der Waals surface area contributed by atoms with Crippen LogP contribution in [0.5, 0.6) is 0 Å². The lowest BCUT2D eigenvalue weighted by Gasteiger charge is -2.33. The Labute approximate surface area is 106 Å². The van der Waals surface area contributed by atoms with Gasteiger partial charge in [-0.05, 0) is 43.6 Å². The van der Waals surface area contributed by atoms with Crippen LogP contribution in [0.4, 0.5) is 0 Å². The highest BCUT2D eigenvalue weighted by molar-refractivity contribution is 5.72. The van der Waals surface area contributed by atoms with Crippen LogP contribution >= 0.6 is 0 Å². The fraction of sp³-hybridized carbons (Fsp3) is 0.500. The standard InChI is InChI=1S/C14H18N2O2/c17-9-13(16-6-2-1-3-7-16)11-4-5-12-14(8-11)18-10-15-12/h4-5,8,10,13,17H,1-3,6-7,9H2. The molecule has 0 saturated carbocycles. The molecule has 0 bridgehead atoms. The summed E-state index contributed by atoms with van der Waals surface area (Å²) in [5.74, 6) is 0. The molecule has 0 radical (unpaired) electrons. The van der Waals surface area contributed by atoms with Crippen LogP contribution in [0.2, 0.25) is 0 Å². The summed E-state index contributed by atoms with van der Waals surface area (Å²) in [6.45, 7) is 2.29. The normalized spacial score (nSPS) is 19.2. The highest BCUT2D eigenvalue weighted by atomic mass is 16.3. The number of benzene rings is 1. The zero-order valence-corrected chi connectivity index (χ0v) is 10.4. The van der Waals surface area contributed by atoms with Crippen LogP contribution in [0, 0.1) is 0 Å². The van der Waals surface area contributed by atoms with Crippen LogP contribution in [0.25, 0.3) is 11.1 Å². The van der Waals surface area contributed by atoms with Crippen molar-refractivity contribution in [3.05, 3.63) is 30.2 Å². The molecule has 0 spiro atoms. The number of likely N-dealkylation sites (tertiary alicyclic amines) is 1. The summed E-state index contributed by atoms with van der Waals surface area (Å²) in [5.41, 5.74) is 2.78. The second kappa shape index (κ2) is 5.08. The number of hydrogen-bond donors (Lipinski definition) is 1. The first kappa shape index (κ1) is 11.7.